The van der Waals surface area contributed by atoms with Crippen LogP contribution in [-0.4, -0.2) is 4.98 Å². The zero-order valence-corrected chi connectivity index (χ0v) is 13.3. The molecule has 23 heavy (non-hydrogen) atoms. The molecule has 0 aliphatic carbocycles. The van der Waals surface area contributed by atoms with Crippen LogP contribution in [-0.2, 0) is 12.1 Å². The SMILES string of the molecule is FC(F)(F)c1ccc(-c2nc(-c3ccccc3)c(CCl)s2)cc1. The molecule has 0 amide bonds. The minimum Gasteiger partial charge on any atom is -0.236 e. The summed E-state index contributed by atoms with van der Waals surface area (Å²) in [5.41, 5.74) is 1.70. The summed E-state index contributed by atoms with van der Waals surface area (Å²) in [5.74, 6) is 0.308. The Bertz CT molecular complexity index is 795. The predicted octanol–water partition coefficient (Wildman–Crippen LogP) is 6.23. The molecule has 1 nitrogen and oxygen atoms in total. The summed E-state index contributed by atoms with van der Waals surface area (Å²) in [5, 5.41) is 0.660. The molecule has 1 heterocycles. The van der Waals surface area contributed by atoms with E-state index < -0.39 is 11.7 Å². The molecular formula is C17H11ClF3NS. The molecule has 0 radical (unpaired) electrons. The molecule has 0 unspecified atom stereocenters. The van der Waals surface area contributed by atoms with Gasteiger partial charge in [-0.1, -0.05) is 42.5 Å². The van der Waals surface area contributed by atoms with E-state index in [1.54, 1.807) is 0 Å². The van der Waals surface area contributed by atoms with Crippen LogP contribution in [0.5, 0.6) is 0 Å². The third-order valence-electron chi connectivity index (χ3n) is 3.33. The summed E-state index contributed by atoms with van der Waals surface area (Å²) < 4.78 is 37.9. The van der Waals surface area contributed by atoms with Gasteiger partial charge in [-0.05, 0) is 12.1 Å². The quantitative estimate of drug-likeness (QED) is 0.508. The number of aromatic nitrogens is 1. The van der Waals surface area contributed by atoms with Gasteiger partial charge in [0.15, 0.2) is 0 Å². The Labute approximate surface area is 140 Å². The van der Waals surface area contributed by atoms with Crippen LogP contribution in [0.4, 0.5) is 13.2 Å². The van der Waals surface area contributed by atoms with Crippen molar-refractivity contribution in [3.63, 3.8) is 0 Å². The molecule has 3 aromatic rings. The van der Waals surface area contributed by atoms with E-state index in [0.717, 1.165) is 28.3 Å². The molecule has 0 aliphatic rings. The summed E-state index contributed by atoms with van der Waals surface area (Å²) in [6.45, 7) is 0. The van der Waals surface area contributed by atoms with E-state index in [-0.39, 0.29) is 0 Å². The molecular weight excluding hydrogens is 343 g/mol. The maximum Gasteiger partial charge on any atom is 0.416 e. The van der Waals surface area contributed by atoms with Gasteiger partial charge >= 0.3 is 6.18 Å². The molecule has 2 aromatic carbocycles. The standard InChI is InChI=1S/C17H11ClF3NS/c18-10-14-15(11-4-2-1-3-5-11)22-16(23-14)12-6-8-13(9-7-12)17(19,20)21/h1-9H,10H2. The van der Waals surface area contributed by atoms with Crippen molar-refractivity contribution < 1.29 is 13.2 Å². The zero-order chi connectivity index (χ0) is 16.4. The van der Waals surface area contributed by atoms with Crippen LogP contribution >= 0.6 is 22.9 Å². The summed E-state index contributed by atoms with van der Waals surface area (Å²) in [4.78, 5) is 5.46. The van der Waals surface area contributed by atoms with E-state index in [1.165, 1.54) is 23.5 Å². The maximum absolute atomic E-state index is 12.6. The molecule has 3 rings (SSSR count). The van der Waals surface area contributed by atoms with E-state index in [9.17, 15) is 13.2 Å². The zero-order valence-electron chi connectivity index (χ0n) is 11.8. The lowest BCUT2D eigenvalue weighted by atomic mass is 10.1. The van der Waals surface area contributed by atoms with Crippen molar-refractivity contribution in [3.8, 4) is 21.8 Å². The molecule has 0 atom stereocenters. The monoisotopic (exact) mass is 353 g/mol. The third-order valence-corrected chi connectivity index (χ3v) is 4.86. The van der Waals surface area contributed by atoms with Crippen molar-refractivity contribution in [2.75, 3.05) is 0 Å². The van der Waals surface area contributed by atoms with Crippen molar-refractivity contribution in [1.82, 2.24) is 4.98 Å². The normalized spacial score (nSPS) is 11.7. The van der Waals surface area contributed by atoms with Crippen molar-refractivity contribution in [3.05, 3.63) is 65.0 Å². The van der Waals surface area contributed by atoms with Gasteiger partial charge in [-0.3, -0.25) is 0 Å². The van der Waals surface area contributed by atoms with E-state index in [4.69, 9.17) is 11.6 Å². The Morgan fingerprint density at radius 2 is 1.57 bits per heavy atom. The van der Waals surface area contributed by atoms with Gasteiger partial charge < -0.3 is 0 Å². The Kier molecular flexibility index (Phi) is 4.41. The second-order valence-electron chi connectivity index (χ2n) is 4.87. The van der Waals surface area contributed by atoms with Gasteiger partial charge in [0, 0.05) is 16.0 Å². The predicted molar refractivity (Wildman–Crippen MR) is 87.5 cm³/mol. The van der Waals surface area contributed by atoms with Gasteiger partial charge in [-0.15, -0.1) is 22.9 Å². The summed E-state index contributed by atoms with van der Waals surface area (Å²) in [6.07, 6.45) is -4.34. The number of thiazole rings is 1. The van der Waals surface area contributed by atoms with Crippen molar-refractivity contribution in [1.29, 1.82) is 0 Å². The summed E-state index contributed by atoms with van der Waals surface area (Å²) in [6, 6.07) is 14.6. The van der Waals surface area contributed by atoms with Gasteiger partial charge in [0.2, 0.25) is 0 Å². The minimum atomic E-state index is -4.34. The first-order valence-corrected chi connectivity index (χ1v) is 8.13. The second-order valence-corrected chi connectivity index (χ2v) is 6.22. The third kappa shape index (κ3) is 3.41. The molecule has 0 fully saturated rings. The topological polar surface area (TPSA) is 12.9 Å². The number of hydrogen-bond acceptors (Lipinski definition) is 2. The molecule has 0 N–H and O–H groups in total. The molecule has 6 heteroatoms. The highest BCUT2D eigenvalue weighted by atomic mass is 35.5. The van der Waals surface area contributed by atoms with E-state index in [0.29, 0.717) is 16.5 Å². The average molecular weight is 354 g/mol. The van der Waals surface area contributed by atoms with Crippen molar-refractivity contribution >= 4 is 22.9 Å². The fourth-order valence-electron chi connectivity index (χ4n) is 2.19. The molecule has 1 aromatic heterocycles. The highest BCUT2D eigenvalue weighted by Gasteiger charge is 2.30. The molecule has 0 aliphatic heterocycles. The van der Waals surface area contributed by atoms with Gasteiger partial charge in [-0.25, -0.2) is 4.98 Å². The number of nitrogens with zero attached hydrogens (tertiary/aromatic N) is 1. The lowest BCUT2D eigenvalue weighted by Crippen LogP contribution is -2.03. The average Bonchev–Trinajstić information content (AvgIpc) is 2.99. The summed E-state index contributed by atoms with van der Waals surface area (Å²) in [7, 11) is 0. The highest BCUT2D eigenvalue weighted by molar-refractivity contribution is 7.15. The molecule has 0 spiro atoms. The van der Waals surface area contributed by atoms with Gasteiger partial charge in [-0.2, -0.15) is 13.2 Å². The van der Waals surface area contributed by atoms with Crippen molar-refractivity contribution in [2.45, 2.75) is 12.1 Å². The lowest BCUT2D eigenvalue weighted by Gasteiger charge is -2.06. The highest BCUT2D eigenvalue weighted by Crippen LogP contribution is 2.36. The number of rotatable bonds is 3. The number of alkyl halides is 4. The Balaban J connectivity index is 2.00. The van der Waals surface area contributed by atoms with Gasteiger partial charge in [0.1, 0.15) is 5.01 Å². The van der Waals surface area contributed by atoms with E-state index in [1.807, 2.05) is 30.3 Å². The molecule has 118 valence electrons. The first kappa shape index (κ1) is 16.0. The first-order valence-electron chi connectivity index (χ1n) is 6.78. The Morgan fingerprint density at radius 3 is 2.13 bits per heavy atom. The molecule has 0 saturated carbocycles. The fraction of sp³-hybridized carbons (Fsp3) is 0.118. The van der Waals surface area contributed by atoms with E-state index >= 15 is 0 Å². The van der Waals surface area contributed by atoms with Crippen LogP contribution in [0.15, 0.2) is 54.6 Å². The minimum absolute atomic E-state index is 0.308. The number of halogens is 4. The first-order chi connectivity index (χ1) is 11.0. The smallest absolute Gasteiger partial charge is 0.236 e. The van der Waals surface area contributed by atoms with Crippen molar-refractivity contribution in [2.24, 2.45) is 0 Å². The van der Waals surface area contributed by atoms with Gasteiger partial charge in [0.25, 0.3) is 0 Å². The van der Waals surface area contributed by atoms with E-state index in [2.05, 4.69) is 4.98 Å². The largest absolute Gasteiger partial charge is 0.416 e. The molecule has 0 saturated heterocycles. The molecule has 0 bridgehead atoms. The van der Waals surface area contributed by atoms with Crippen LogP contribution < -0.4 is 0 Å². The number of hydrogen-bond donors (Lipinski definition) is 0. The second kappa shape index (κ2) is 6.34. The van der Waals surface area contributed by atoms with Crippen LogP contribution in [0.1, 0.15) is 10.4 Å². The fourth-order valence-corrected chi connectivity index (χ4v) is 3.42. The Hall–Kier alpha value is -1.85. The van der Waals surface area contributed by atoms with Crippen LogP contribution in [0, 0.1) is 0 Å². The van der Waals surface area contributed by atoms with Crippen LogP contribution in [0.2, 0.25) is 0 Å². The van der Waals surface area contributed by atoms with Gasteiger partial charge in [0.05, 0.1) is 17.1 Å². The maximum atomic E-state index is 12.6. The lowest BCUT2D eigenvalue weighted by molar-refractivity contribution is -0.137. The number of benzene rings is 2. The summed E-state index contributed by atoms with van der Waals surface area (Å²) >= 11 is 7.39. The van der Waals surface area contributed by atoms with Crippen LogP contribution in [0.25, 0.3) is 21.8 Å². The van der Waals surface area contributed by atoms with Crippen LogP contribution in [0.3, 0.4) is 0 Å². The Morgan fingerprint density at radius 1 is 0.913 bits per heavy atom.